The molecule has 169 valence electrons. The third-order valence-electron chi connectivity index (χ3n) is 6.87. The molecule has 0 fully saturated rings. The molecule has 0 spiro atoms. The summed E-state index contributed by atoms with van der Waals surface area (Å²) < 4.78 is 8.34. The lowest BCUT2D eigenvalue weighted by molar-refractivity contribution is -0.0893. The van der Waals surface area contributed by atoms with Crippen molar-refractivity contribution in [3.63, 3.8) is 0 Å². The minimum absolute atomic E-state index is 0.724. The third kappa shape index (κ3) is 4.04. The van der Waals surface area contributed by atoms with E-state index in [2.05, 4.69) is 89.5 Å². The molecule has 1 N–H and O–H groups in total. The number of benzene rings is 4. The van der Waals surface area contributed by atoms with Gasteiger partial charge in [0, 0.05) is 16.5 Å². The average Bonchev–Trinajstić information content (AvgIpc) is 3.16. The lowest BCUT2D eigenvalue weighted by Gasteiger charge is -2.37. The summed E-state index contributed by atoms with van der Waals surface area (Å²) in [5, 5.41) is 12.9. The summed E-state index contributed by atoms with van der Waals surface area (Å²) in [5.41, 5.74) is 5.06. The quantitative estimate of drug-likeness (QED) is 0.313. The molecule has 0 amide bonds. The Balaban J connectivity index is 1.66. The molecule has 1 heterocycles. The highest BCUT2D eigenvalue weighted by Crippen LogP contribution is 2.34. The van der Waals surface area contributed by atoms with E-state index in [4.69, 9.17) is 4.65 Å². The van der Waals surface area contributed by atoms with Crippen LogP contribution in [0.25, 0.3) is 38.6 Å². The minimum atomic E-state index is -0.972. The molecule has 1 aromatic heterocycles. The zero-order valence-corrected chi connectivity index (χ0v) is 20.1. The van der Waals surface area contributed by atoms with Gasteiger partial charge in [-0.1, -0.05) is 72.2 Å². The van der Waals surface area contributed by atoms with Crippen LogP contribution in [-0.2, 0) is 4.65 Å². The molecule has 4 heteroatoms. The first kappa shape index (κ1) is 22.5. The number of para-hydroxylation sites is 1. The van der Waals surface area contributed by atoms with Crippen LogP contribution in [0.4, 0.5) is 0 Å². The molecule has 0 saturated heterocycles. The number of hydrogen-bond acceptors (Lipinski definition) is 2. The Kier molecular flexibility index (Phi) is 5.59. The summed E-state index contributed by atoms with van der Waals surface area (Å²) in [7, 11) is 1.75. The first-order valence-electron chi connectivity index (χ1n) is 11.7. The van der Waals surface area contributed by atoms with Crippen molar-refractivity contribution in [2.45, 2.75) is 38.9 Å². The molecule has 0 bridgehead atoms. The van der Waals surface area contributed by atoms with Crippen molar-refractivity contribution in [2.24, 2.45) is 0 Å². The number of nitrogens with zero attached hydrogens (tertiary/aromatic N) is 1. The maximum absolute atomic E-state index is 10.5. The standard InChI is InChI=1S/C30H29BNO2/c1-29(2,33)30(3,4)34-31-23-16-17-25-26-19-22(21-11-7-5-8-12-21)15-18-27(26)32(28(25)20-23)24-13-9-6-10-14-24/h5-20,33H,1-4H3. The SMILES string of the molecule is CC(C)(O)C(C)(C)O[B]c1ccc2c3cc(-c4ccccc4)ccc3n(-c3ccccc3)c2c1. The summed E-state index contributed by atoms with van der Waals surface area (Å²) in [6.07, 6.45) is 0. The zero-order chi connectivity index (χ0) is 23.9. The summed E-state index contributed by atoms with van der Waals surface area (Å²) in [4.78, 5) is 0. The summed E-state index contributed by atoms with van der Waals surface area (Å²) in [6.45, 7) is 7.32. The molecule has 0 aliphatic carbocycles. The van der Waals surface area contributed by atoms with Crippen LogP contribution >= 0.6 is 0 Å². The fourth-order valence-electron chi connectivity index (χ4n) is 4.14. The van der Waals surface area contributed by atoms with E-state index >= 15 is 0 Å². The third-order valence-corrected chi connectivity index (χ3v) is 6.87. The van der Waals surface area contributed by atoms with Gasteiger partial charge in [-0.05, 0) is 69.2 Å². The van der Waals surface area contributed by atoms with Crippen LogP contribution in [0, 0.1) is 0 Å². The Morgan fingerprint density at radius 2 is 1.35 bits per heavy atom. The number of hydrogen-bond donors (Lipinski definition) is 1. The smallest absolute Gasteiger partial charge is 0.330 e. The maximum Gasteiger partial charge on any atom is 0.330 e. The largest absolute Gasteiger partial charge is 0.427 e. The second-order valence-electron chi connectivity index (χ2n) is 9.85. The molecule has 1 radical (unpaired) electrons. The van der Waals surface area contributed by atoms with Crippen LogP contribution in [0.5, 0.6) is 0 Å². The lowest BCUT2D eigenvalue weighted by atomic mass is 9.82. The van der Waals surface area contributed by atoms with E-state index in [1.54, 1.807) is 21.3 Å². The second-order valence-corrected chi connectivity index (χ2v) is 9.85. The van der Waals surface area contributed by atoms with Gasteiger partial charge in [0.05, 0.1) is 22.2 Å². The molecule has 5 rings (SSSR count). The number of rotatable bonds is 6. The van der Waals surface area contributed by atoms with Gasteiger partial charge in [0.1, 0.15) is 0 Å². The van der Waals surface area contributed by atoms with Crippen LogP contribution in [0.2, 0.25) is 0 Å². The fraction of sp³-hybridized carbons (Fsp3) is 0.200. The monoisotopic (exact) mass is 446 g/mol. The van der Waals surface area contributed by atoms with Crippen molar-refractivity contribution >= 4 is 34.8 Å². The highest BCUT2D eigenvalue weighted by atomic mass is 16.5. The number of aromatic nitrogens is 1. The Morgan fingerprint density at radius 1 is 0.676 bits per heavy atom. The maximum atomic E-state index is 10.5. The van der Waals surface area contributed by atoms with Crippen LogP contribution < -0.4 is 5.46 Å². The van der Waals surface area contributed by atoms with E-state index in [9.17, 15) is 5.11 Å². The van der Waals surface area contributed by atoms with Crippen molar-refractivity contribution in [3.8, 4) is 16.8 Å². The van der Waals surface area contributed by atoms with E-state index in [0.29, 0.717) is 0 Å². The molecule has 3 nitrogen and oxygen atoms in total. The normalized spacial score (nSPS) is 12.4. The van der Waals surface area contributed by atoms with Crippen molar-refractivity contribution in [1.29, 1.82) is 0 Å². The van der Waals surface area contributed by atoms with Gasteiger partial charge >= 0.3 is 7.48 Å². The van der Waals surface area contributed by atoms with E-state index in [1.807, 2.05) is 26.0 Å². The molecule has 0 aliphatic rings. The molecule has 0 unspecified atom stereocenters. The van der Waals surface area contributed by atoms with Crippen LogP contribution in [0.3, 0.4) is 0 Å². The van der Waals surface area contributed by atoms with Gasteiger partial charge in [-0.15, -0.1) is 0 Å². The van der Waals surface area contributed by atoms with Gasteiger partial charge < -0.3 is 14.3 Å². The predicted molar refractivity (Wildman–Crippen MR) is 143 cm³/mol. The van der Waals surface area contributed by atoms with Gasteiger partial charge in [-0.2, -0.15) is 0 Å². The molecule has 0 aliphatic heterocycles. The van der Waals surface area contributed by atoms with Crippen molar-refractivity contribution in [2.75, 3.05) is 0 Å². The summed E-state index contributed by atoms with van der Waals surface area (Å²) >= 11 is 0. The Morgan fingerprint density at radius 3 is 2.03 bits per heavy atom. The molecule has 4 aromatic carbocycles. The first-order chi connectivity index (χ1) is 16.2. The van der Waals surface area contributed by atoms with Crippen molar-refractivity contribution in [1.82, 2.24) is 4.57 Å². The van der Waals surface area contributed by atoms with Gasteiger partial charge in [-0.3, -0.25) is 0 Å². The minimum Gasteiger partial charge on any atom is -0.427 e. The van der Waals surface area contributed by atoms with E-state index in [0.717, 1.165) is 22.2 Å². The van der Waals surface area contributed by atoms with Gasteiger partial charge in [-0.25, -0.2) is 0 Å². The zero-order valence-electron chi connectivity index (χ0n) is 20.1. The average molecular weight is 446 g/mol. The van der Waals surface area contributed by atoms with Crippen LogP contribution in [-0.4, -0.2) is 28.4 Å². The number of aliphatic hydroxyl groups is 1. The van der Waals surface area contributed by atoms with Gasteiger partial charge in [0.25, 0.3) is 0 Å². The molecule has 34 heavy (non-hydrogen) atoms. The molecule has 0 atom stereocenters. The fourth-order valence-corrected chi connectivity index (χ4v) is 4.14. The van der Waals surface area contributed by atoms with E-state index in [1.165, 1.54) is 21.9 Å². The Hall–Kier alpha value is -3.34. The number of fused-ring (bicyclic) bond motifs is 3. The van der Waals surface area contributed by atoms with Crippen molar-refractivity contribution < 1.29 is 9.76 Å². The summed E-state index contributed by atoms with van der Waals surface area (Å²) in [6, 6.07) is 34.0. The Bertz CT molecular complexity index is 1450. The second kappa shape index (κ2) is 8.46. The van der Waals surface area contributed by atoms with Gasteiger partial charge in [0.2, 0.25) is 0 Å². The Labute approximate surface area is 201 Å². The molecule has 0 saturated carbocycles. The first-order valence-corrected chi connectivity index (χ1v) is 11.7. The van der Waals surface area contributed by atoms with E-state index < -0.39 is 11.2 Å². The molecular weight excluding hydrogens is 417 g/mol. The van der Waals surface area contributed by atoms with Crippen molar-refractivity contribution in [3.05, 3.63) is 97.1 Å². The van der Waals surface area contributed by atoms with Crippen LogP contribution in [0.15, 0.2) is 97.1 Å². The lowest BCUT2D eigenvalue weighted by Crippen LogP contribution is -2.49. The highest BCUT2D eigenvalue weighted by molar-refractivity contribution is 6.47. The molecule has 5 aromatic rings. The van der Waals surface area contributed by atoms with Gasteiger partial charge in [0.15, 0.2) is 0 Å². The van der Waals surface area contributed by atoms with E-state index in [-0.39, 0.29) is 0 Å². The summed E-state index contributed by atoms with van der Waals surface area (Å²) in [5.74, 6) is 0. The topological polar surface area (TPSA) is 34.4 Å². The highest BCUT2D eigenvalue weighted by Gasteiger charge is 2.35. The molecular formula is C30H29BNO2. The predicted octanol–water partition coefficient (Wildman–Crippen LogP) is 6.26. The van der Waals surface area contributed by atoms with Crippen LogP contribution in [0.1, 0.15) is 27.7 Å².